The second-order valence-electron chi connectivity index (χ2n) is 6.76. The second-order valence-corrected chi connectivity index (χ2v) is 6.76. The molecule has 0 bridgehead atoms. The molecule has 0 saturated heterocycles. The van der Waals surface area contributed by atoms with Crippen molar-refractivity contribution in [1.82, 2.24) is 20.0 Å². The minimum absolute atomic E-state index is 0.533. The van der Waals surface area contributed by atoms with E-state index < -0.39 is 0 Å². The van der Waals surface area contributed by atoms with Gasteiger partial charge in [0.05, 0.1) is 12.6 Å². The highest BCUT2D eigenvalue weighted by molar-refractivity contribution is 5.78. The van der Waals surface area contributed by atoms with Gasteiger partial charge in [0.1, 0.15) is 11.3 Å². The lowest BCUT2D eigenvalue weighted by molar-refractivity contribution is 0.415. The molecule has 6 nitrogen and oxygen atoms in total. The lowest BCUT2D eigenvalue weighted by atomic mass is 10.1. The first-order chi connectivity index (χ1) is 14.2. The maximum Gasteiger partial charge on any atom is 0.228 e. The number of para-hydroxylation sites is 1. The molecular weight excluding hydrogens is 364 g/mol. The number of fused-ring (bicyclic) bond motifs is 1. The van der Waals surface area contributed by atoms with Gasteiger partial charge in [0.15, 0.2) is 5.76 Å². The summed E-state index contributed by atoms with van der Waals surface area (Å²) in [6, 6.07) is 23.5. The molecule has 0 aliphatic rings. The summed E-state index contributed by atoms with van der Waals surface area (Å²) in [5.41, 5.74) is 4.63. The molecule has 0 fully saturated rings. The van der Waals surface area contributed by atoms with Crippen molar-refractivity contribution in [2.45, 2.75) is 6.92 Å². The van der Waals surface area contributed by atoms with Crippen LogP contribution in [0, 0.1) is 6.92 Å². The number of oxazole rings is 1. The zero-order valence-electron chi connectivity index (χ0n) is 16.0. The van der Waals surface area contributed by atoms with Crippen LogP contribution in [0.3, 0.4) is 0 Å². The first-order valence-corrected chi connectivity index (χ1v) is 9.26. The number of aryl methyl sites for hydroxylation is 1. The molecule has 0 aliphatic carbocycles. The summed E-state index contributed by atoms with van der Waals surface area (Å²) in [6.45, 7) is 2.05. The molecule has 0 atom stereocenters. The number of methoxy groups -OCH3 is 1. The molecule has 5 aromatic rings. The van der Waals surface area contributed by atoms with Crippen molar-refractivity contribution in [3.05, 3.63) is 78.4 Å². The van der Waals surface area contributed by atoms with Crippen molar-refractivity contribution in [3.8, 4) is 34.3 Å². The predicted octanol–water partition coefficient (Wildman–Crippen LogP) is 5.06. The molecule has 0 saturated carbocycles. The summed E-state index contributed by atoms with van der Waals surface area (Å²) in [5, 5.41) is 8.59. The summed E-state index contributed by atoms with van der Waals surface area (Å²) in [5.74, 6) is 2.53. The maximum atomic E-state index is 6.23. The number of benzene rings is 3. The van der Waals surface area contributed by atoms with Crippen LogP contribution in [0.4, 0.5) is 0 Å². The first kappa shape index (κ1) is 17.2. The Morgan fingerprint density at radius 3 is 2.34 bits per heavy atom. The molecule has 0 unspecified atom stereocenters. The van der Waals surface area contributed by atoms with Crippen molar-refractivity contribution in [3.63, 3.8) is 0 Å². The zero-order chi connectivity index (χ0) is 19.8. The summed E-state index contributed by atoms with van der Waals surface area (Å²) < 4.78 is 13.2. The molecule has 2 aromatic heterocycles. The number of hydrogen-bond acceptors (Lipinski definition) is 5. The van der Waals surface area contributed by atoms with Crippen molar-refractivity contribution in [2.75, 3.05) is 7.11 Å². The van der Waals surface area contributed by atoms with Gasteiger partial charge in [-0.15, -0.1) is 5.10 Å². The predicted molar refractivity (Wildman–Crippen MR) is 111 cm³/mol. The molecule has 6 heteroatoms. The summed E-state index contributed by atoms with van der Waals surface area (Å²) in [4.78, 5) is 4.78. The number of ether oxygens (including phenoxy) is 1. The minimum atomic E-state index is 0.533. The summed E-state index contributed by atoms with van der Waals surface area (Å²) in [6.07, 6.45) is 0. The maximum absolute atomic E-state index is 6.23. The molecule has 142 valence electrons. The fraction of sp³-hybridized carbons (Fsp3) is 0.0870. The van der Waals surface area contributed by atoms with Crippen LogP contribution in [0.2, 0.25) is 0 Å². The SMILES string of the molecule is COc1ccc(-c2oc(-c3ccc(C)cc3)nc2-n2nnc3ccccc32)cc1. The Kier molecular flexibility index (Phi) is 4.09. The summed E-state index contributed by atoms with van der Waals surface area (Å²) in [7, 11) is 1.64. The smallest absolute Gasteiger partial charge is 0.228 e. The minimum Gasteiger partial charge on any atom is -0.497 e. The lowest BCUT2D eigenvalue weighted by Gasteiger charge is -2.03. The number of nitrogens with zero attached hydrogens (tertiary/aromatic N) is 4. The van der Waals surface area contributed by atoms with Gasteiger partial charge in [0.2, 0.25) is 11.7 Å². The number of rotatable bonds is 4. The van der Waals surface area contributed by atoms with Crippen LogP contribution in [0.5, 0.6) is 5.75 Å². The van der Waals surface area contributed by atoms with Crippen molar-refractivity contribution < 1.29 is 9.15 Å². The summed E-state index contributed by atoms with van der Waals surface area (Å²) >= 11 is 0. The van der Waals surface area contributed by atoms with Crippen molar-refractivity contribution >= 4 is 11.0 Å². The van der Waals surface area contributed by atoms with E-state index in [2.05, 4.69) is 17.2 Å². The van der Waals surface area contributed by atoms with Crippen LogP contribution >= 0.6 is 0 Å². The van der Waals surface area contributed by atoms with E-state index in [1.54, 1.807) is 11.8 Å². The van der Waals surface area contributed by atoms with Gasteiger partial charge >= 0.3 is 0 Å². The zero-order valence-corrected chi connectivity index (χ0v) is 16.0. The van der Waals surface area contributed by atoms with Crippen LogP contribution in [-0.4, -0.2) is 27.1 Å². The van der Waals surface area contributed by atoms with E-state index in [4.69, 9.17) is 14.1 Å². The van der Waals surface area contributed by atoms with Gasteiger partial charge in [0, 0.05) is 11.1 Å². The Bertz CT molecular complexity index is 1280. The highest BCUT2D eigenvalue weighted by atomic mass is 16.5. The third-order valence-electron chi connectivity index (χ3n) is 4.81. The van der Waals surface area contributed by atoms with Crippen LogP contribution in [0.1, 0.15) is 5.56 Å². The third kappa shape index (κ3) is 3.04. The van der Waals surface area contributed by atoms with Gasteiger partial charge < -0.3 is 9.15 Å². The Labute approximate surface area is 167 Å². The van der Waals surface area contributed by atoms with Gasteiger partial charge in [-0.05, 0) is 55.5 Å². The Morgan fingerprint density at radius 1 is 0.862 bits per heavy atom. The van der Waals surface area contributed by atoms with E-state index >= 15 is 0 Å². The highest BCUT2D eigenvalue weighted by Gasteiger charge is 2.21. The third-order valence-corrected chi connectivity index (χ3v) is 4.81. The average molecular weight is 382 g/mol. The average Bonchev–Trinajstić information content (AvgIpc) is 3.39. The standard InChI is InChI=1S/C23H18N4O2/c1-15-7-9-17(10-8-15)23-24-22(27-20-6-4-3-5-19(20)25-26-27)21(29-23)16-11-13-18(28-2)14-12-16/h3-14H,1-2H3. The van der Waals surface area contributed by atoms with Gasteiger partial charge in [-0.2, -0.15) is 9.67 Å². The molecule has 0 N–H and O–H groups in total. The van der Waals surface area contributed by atoms with Gasteiger partial charge in [0.25, 0.3) is 0 Å². The second kappa shape index (κ2) is 6.91. The van der Waals surface area contributed by atoms with E-state index in [1.165, 1.54) is 5.56 Å². The Morgan fingerprint density at radius 2 is 1.59 bits per heavy atom. The molecule has 0 spiro atoms. The normalized spacial score (nSPS) is 11.1. The Balaban J connectivity index is 1.72. The highest BCUT2D eigenvalue weighted by Crippen LogP contribution is 2.34. The molecule has 29 heavy (non-hydrogen) atoms. The fourth-order valence-electron chi connectivity index (χ4n) is 3.23. The van der Waals surface area contributed by atoms with Gasteiger partial charge in [-0.25, -0.2) is 0 Å². The molecule has 0 radical (unpaired) electrons. The lowest BCUT2D eigenvalue weighted by Crippen LogP contribution is -1.99. The molecule has 5 rings (SSSR count). The van der Waals surface area contributed by atoms with Crippen molar-refractivity contribution in [1.29, 1.82) is 0 Å². The molecule has 0 aliphatic heterocycles. The van der Waals surface area contributed by atoms with E-state index in [0.29, 0.717) is 17.5 Å². The van der Waals surface area contributed by atoms with E-state index in [-0.39, 0.29) is 0 Å². The topological polar surface area (TPSA) is 66.0 Å². The van der Waals surface area contributed by atoms with Gasteiger partial charge in [-0.3, -0.25) is 0 Å². The fourth-order valence-corrected chi connectivity index (χ4v) is 3.23. The van der Waals surface area contributed by atoms with E-state index in [0.717, 1.165) is 27.9 Å². The number of aromatic nitrogens is 4. The largest absolute Gasteiger partial charge is 0.497 e. The monoisotopic (exact) mass is 382 g/mol. The Hall–Kier alpha value is -3.93. The van der Waals surface area contributed by atoms with Crippen LogP contribution in [0.25, 0.3) is 39.6 Å². The number of hydrogen-bond donors (Lipinski definition) is 0. The van der Waals surface area contributed by atoms with Gasteiger partial charge in [-0.1, -0.05) is 35.0 Å². The van der Waals surface area contributed by atoms with E-state index in [1.807, 2.05) is 72.8 Å². The quantitative estimate of drug-likeness (QED) is 0.435. The van der Waals surface area contributed by atoms with Crippen LogP contribution < -0.4 is 4.74 Å². The van der Waals surface area contributed by atoms with Crippen molar-refractivity contribution in [2.24, 2.45) is 0 Å². The first-order valence-electron chi connectivity index (χ1n) is 9.26. The van der Waals surface area contributed by atoms with Crippen LogP contribution in [-0.2, 0) is 0 Å². The van der Waals surface area contributed by atoms with E-state index in [9.17, 15) is 0 Å². The molecule has 3 aromatic carbocycles. The molecule has 0 amide bonds. The molecule has 2 heterocycles. The molecular formula is C23H18N4O2. The van der Waals surface area contributed by atoms with Crippen LogP contribution in [0.15, 0.2) is 77.2 Å².